The van der Waals surface area contributed by atoms with Gasteiger partial charge in [-0.2, -0.15) is 13.2 Å². The molecule has 1 amide bonds. The standard InChI is InChI=1S/C12H16F3NO3S/c13-12(14,15)20-6-10(17)16-8-4-2-1-3-7(8)5-9(16)11(18)19/h7-9H,1-6H2,(H,18,19). The van der Waals surface area contributed by atoms with Crippen LogP contribution in [-0.2, 0) is 9.59 Å². The molecule has 0 aromatic carbocycles. The molecule has 4 nitrogen and oxygen atoms in total. The minimum absolute atomic E-state index is 0.115. The van der Waals surface area contributed by atoms with Crippen LogP contribution in [0.1, 0.15) is 32.1 Å². The fourth-order valence-corrected chi connectivity index (χ4v) is 3.69. The lowest BCUT2D eigenvalue weighted by Gasteiger charge is -2.33. The number of halogens is 3. The van der Waals surface area contributed by atoms with Gasteiger partial charge in [-0.15, -0.1) is 0 Å². The number of nitrogens with zero attached hydrogens (tertiary/aromatic N) is 1. The van der Waals surface area contributed by atoms with Crippen LogP contribution in [-0.4, -0.2) is 45.2 Å². The summed E-state index contributed by atoms with van der Waals surface area (Å²) in [5.41, 5.74) is -4.47. The minimum Gasteiger partial charge on any atom is -0.480 e. The Morgan fingerprint density at radius 1 is 1.25 bits per heavy atom. The van der Waals surface area contributed by atoms with E-state index in [1.165, 1.54) is 4.90 Å². The number of fused-ring (bicyclic) bond motifs is 1. The highest BCUT2D eigenvalue weighted by Crippen LogP contribution is 2.40. The molecule has 8 heteroatoms. The SMILES string of the molecule is O=C(O)C1CC2CCCCC2N1C(=O)CSC(F)(F)F. The molecule has 114 valence electrons. The van der Waals surface area contributed by atoms with Crippen LogP contribution in [0.5, 0.6) is 0 Å². The van der Waals surface area contributed by atoms with E-state index in [1.54, 1.807) is 0 Å². The fraction of sp³-hybridized carbons (Fsp3) is 0.833. The van der Waals surface area contributed by atoms with Gasteiger partial charge in [0.2, 0.25) is 5.91 Å². The van der Waals surface area contributed by atoms with Crippen LogP contribution in [0, 0.1) is 5.92 Å². The van der Waals surface area contributed by atoms with Gasteiger partial charge in [-0.05, 0) is 36.9 Å². The maximum Gasteiger partial charge on any atom is 0.442 e. The van der Waals surface area contributed by atoms with Crippen molar-refractivity contribution in [1.29, 1.82) is 0 Å². The minimum atomic E-state index is -4.47. The number of aliphatic carboxylic acids is 1. The number of carboxylic acid groups (broad SMARTS) is 1. The molecule has 1 heterocycles. The van der Waals surface area contributed by atoms with E-state index in [4.69, 9.17) is 0 Å². The molecule has 0 aromatic rings. The predicted octanol–water partition coefficient (Wildman–Crippen LogP) is 2.48. The molecule has 1 aliphatic heterocycles. The van der Waals surface area contributed by atoms with Crippen LogP contribution in [0.2, 0.25) is 0 Å². The number of amides is 1. The lowest BCUT2D eigenvalue weighted by molar-refractivity contribution is -0.148. The van der Waals surface area contributed by atoms with E-state index in [1.807, 2.05) is 0 Å². The first-order chi connectivity index (χ1) is 9.29. The highest BCUT2D eigenvalue weighted by molar-refractivity contribution is 8.00. The van der Waals surface area contributed by atoms with Crippen molar-refractivity contribution in [1.82, 2.24) is 4.90 Å². The Bertz CT molecular complexity index is 402. The molecule has 1 saturated carbocycles. The Labute approximate surface area is 118 Å². The van der Waals surface area contributed by atoms with Crippen molar-refractivity contribution in [3.8, 4) is 0 Å². The van der Waals surface area contributed by atoms with Gasteiger partial charge in [0.1, 0.15) is 6.04 Å². The number of carbonyl (C=O) groups is 2. The normalized spacial score (nSPS) is 30.1. The Morgan fingerprint density at radius 2 is 1.90 bits per heavy atom. The molecule has 0 bridgehead atoms. The molecule has 2 fully saturated rings. The molecule has 0 aromatic heterocycles. The van der Waals surface area contributed by atoms with Gasteiger partial charge < -0.3 is 10.0 Å². The Hall–Kier alpha value is -0.920. The molecule has 1 N–H and O–H groups in total. The van der Waals surface area contributed by atoms with E-state index in [-0.39, 0.29) is 12.0 Å². The third kappa shape index (κ3) is 3.39. The van der Waals surface area contributed by atoms with E-state index in [9.17, 15) is 27.9 Å². The monoisotopic (exact) mass is 311 g/mol. The highest BCUT2D eigenvalue weighted by Gasteiger charge is 2.47. The van der Waals surface area contributed by atoms with Crippen LogP contribution >= 0.6 is 11.8 Å². The Morgan fingerprint density at radius 3 is 2.50 bits per heavy atom. The molecule has 0 spiro atoms. The molecule has 3 unspecified atom stereocenters. The zero-order valence-corrected chi connectivity index (χ0v) is 11.5. The third-order valence-electron chi connectivity index (χ3n) is 4.02. The van der Waals surface area contributed by atoms with Crippen LogP contribution in [0.3, 0.4) is 0 Å². The van der Waals surface area contributed by atoms with Crippen molar-refractivity contribution in [3.63, 3.8) is 0 Å². The van der Waals surface area contributed by atoms with Crippen molar-refractivity contribution in [2.75, 3.05) is 5.75 Å². The zero-order chi connectivity index (χ0) is 14.9. The second kappa shape index (κ2) is 5.83. The first kappa shape index (κ1) is 15.5. The summed E-state index contributed by atoms with van der Waals surface area (Å²) in [4.78, 5) is 24.4. The average Bonchev–Trinajstić information content (AvgIpc) is 2.74. The first-order valence-corrected chi connectivity index (χ1v) is 7.53. The van der Waals surface area contributed by atoms with Crippen LogP contribution < -0.4 is 0 Å². The second-order valence-electron chi connectivity index (χ2n) is 5.24. The Balaban J connectivity index is 2.08. The van der Waals surface area contributed by atoms with Gasteiger partial charge in [0, 0.05) is 6.04 Å². The smallest absolute Gasteiger partial charge is 0.442 e. The predicted molar refractivity (Wildman–Crippen MR) is 67.1 cm³/mol. The topological polar surface area (TPSA) is 57.6 Å². The number of hydrogen-bond donors (Lipinski definition) is 1. The molecular formula is C12H16F3NO3S. The molecular weight excluding hydrogens is 295 g/mol. The van der Waals surface area contributed by atoms with Gasteiger partial charge >= 0.3 is 11.5 Å². The molecule has 1 aliphatic carbocycles. The summed E-state index contributed by atoms with van der Waals surface area (Å²) in [5.74, 6) is -2.46. The van der Waals surface area contributed by atoms with Crippen LogP contribution in [0.4, 0.5) is 13.2 Å². The molecule has 2 rings (SSSR count). The van der Waals surface area contributed by atoms with Crippen molar-refractivity contribution < 1.29 is 27.9 Å². The van der Waals surface area contributed by atoms with Gasteiger partial charge in [0.15, 0.2) is 0 Å². The van der Waals surface area contributed by atoms with E-state index in [0.717, 1.165) is 19.3 Å². The maximum atomic E-state index is 12.2. The van der Waals surface area contributed by atoms with Crippen LogP contribution in [0.15, 0.2) is 0 Å². The fourth-order valence-electron chi connectivity index (χ4n) is 3.26. The molecule has 20 heavy (non-hydrogen) atoms. The van der Waals surface area contributed by atoms with E-state index in [0.29, 0.717) is 12.8 Å². The quantitative estimate of drug-likeness (QED) is 0.870. The van der Waals surface area contributed by atoms with Gasteiger partial charge in [-0.1, -0.05) is 12.8 Å². The number of thioether (sulfide) groups is 1. The van der Waals surface area contributed by atoms with Gasteiger partial charge in [-0.3, -0.25) is 4.79 Å². The maximum absolute atomic E-state index is 12.2. The first-order valence-electron chi connectivity index (χ1n) is 6.54. The number of likely N-dealkylation sites (tertiary alicyclic amines) is 1. The van der Waals surface area contributed by atoms with Gasteiger partial charge in [0.05, 0.1) is 5.75 Å². The van der Waals surface area contributed by atoms with Gasteiger partial charge in [-0.25, -0.2) is 4.79 Å². The average molecular weight is 311 g/mol. The summed E-state index contributed by atoms with van der Waals surface area (Å²) < 4.78 is 36.5. The lowest BCUT2D eigenvalue weighted by Crippen LogP contribution is -2.47. The largest absolute Gasteiger partial charge is 0.480 e. The lowest BCUT2D eigenvalue weighted by atomic mass is 9.85. The number of hydrogen-bond acceptors (Lipinski definition) is 3. The number of carbonyl (C=O) groups excluding carboxylic acids is 1. The molecule has 0 radical (unpaired) electrons. The van der Waals surface area contributed by atoms with Crippen molar-refractivity contribution in [2.45, 2.75) is 49.7 Å². The summed E-state index contributed by atoms with van der Waals surface area (Å²) in [6, 6.07) is -1.17. The van der Waals surface area contributed by atoms with E-state index < -0.39 is 40.9 Å². The second-order valence-corrected chi connectivity index (χ2v) is 6.28. The summed E-state index contributed by atoms with van der Waals surface area (Å²) in [6.45, 7) is 0. The van der Waals surface area contributed by atoms with Crippen molar-refractivity contribution in [3.05, 3.63) is 0 Å². The van der Waals surface area contributed by atoms with E-state index >= 15 is 0 Å². The molecule has 2 aliphatic rings. The van der Waals surface area contributed by atoms with Crippen molar-refractivity contribution >= 4 is 23.6 Å². The zero-order valence-electron chi connectivity index (χ0n) is 10.7. The van der Waals surface area contributed by atoms with Crippen molar-refractivity contribution in [2.24, 2.45) is 5.92 Å². The van der Waals surface area contributed by atoms with E-state index in [2.05, 4.69) is 0 Å². The van der Waals surface area contributed by atoms with Crippen LogP contribution in [0.25, 0.3) is 0 Å². The summed E-state index contributed by atoms with van der Waals surface area (Å²) in [5, 5.41) is 9.18. The third-order valence-corrected chi connectivity index (χ3v) is 4.74. The summed E-state index contributed by atoms with van der Waals surface area (Å²) in [7, 11) is 0. The highest BCUT2D eigenvalue weighted by atomic mass is 32.2. The Kier molecular flexibility index (Phi) is 4.51. The molecule has 3 atom stereocenters. The molecule has 1 saturated heterocycles. The van der Waals surface area contributed by atoms with Gasteiger partial charge in [0.25, 0.3) is 0 Å². The number of rotatable bonds is 3. The number of carboxylic acids is 1. The summed E-state index contributed by atoms with van der Waals surface area (Å²) in [6.07, 6.45) is 3.79. The number of alkyl halides is 3. The summed E-state index contributed by atoms with van der Waals surface area (Å²) >= 11 is -0.402.